The molecular formula is C38H47ClN4O5. The van der Waals surface area contributed by atoms with Gasteiger partial charge >= 0.3 is 0 Å². The molecule has 2 atom stereocenters. The number of nitrogens with one attached hydrogen (secondary N) is 2. The van der Waals surface area contributed by atoms with E-state index < -0.39 is 17.7 Å². The number of aliphatic hydroxyl groups excluding tert-OH is 1. The third-order valence-electron chi connectivity index (χ3n) is 10.3. The molecule has 256 valence electrons. The van der Waals surface area contributed by atoms with E-state index in [4.69, 9.17) is 4.74 Å². The smallest absolute Gasteiger partial charge is 0.251 e. The van der Waals surface area contributed by atoms with Crippen molar-refractivity contribution in [3.05, 3.63) is 95.6 Å². The largest absolute Gasteiger partial charge is 0.457 e. The third kappa shape index (κ3) is 7.86. The predicted octanol–water partition coefficient (Wildman–Crippen LogP) is 5.11. The van der Waals surface area contributed by atoms with Gasteiger partial charge in [-0.15, -0.1) is 12.4 Å². The zero-order chi connectivity index (χ0) is 32.8. The summed E-state index contributed by atoms with van der Waals surface area (Å²) < 4.78 is 5.97. The minimum absolute atomic E-state index is 0. The number of piperazine rings is 1. The van der Waals surface area contributed by atoms with Crippen molar-refractivity contribution in [2.75, 3.05) is 26.7 Å². The summed E-state index contributed by atoms with van der Waals surface area (Å²) in [6.07, 6.45) is 5.93. The summed E-state index contributed by atoms with van der Waals surface area (Å²) in [5.41, 5.74) is 1.90. The Kier molecular flexibility index (Phi) is 11.8. The molecule has 3 amide bonds. The van der Waals surface area contributed by atoms with Gasteiger partial charge in [-0.2, -0.15) is 0 Å². The molecule has 2 saturated heterocycles. The van der Waals surface area contributed by atoms with Gasteiger partial charge in [-0.25, -0.2) is 0 Å². The number of aliphatic hydroxyl groups is 1. The van der Waals surface area contributed by atoms with Crippen molar-refractivity contribution in [3.63, 3.8) is 0 Å². The van der Waals surface area contributed by atoms with Gasteiger partial charge in [-0.1, -0.05) is 61.7 Å². The Morgan fingerprint density at radius 1 is 0.917 bits per heavy atom. The molecule has 9 nitrogen and oxygen atoms in total. The molecule has 2 heterocycles. The van der Waals surface area contributed by atoms with Crippen LogP contribution in [0, 0.1) is 5.92 Å². The second kappa shape index (κ2) is 16.0. The van der Waals surface area contributed by atoms with Crippen molar-refractivity contribution in [1.82, 2.24) is 20.4 Å². The number of rotatable bonds is 10. The van der Waals surface area contributed by atoms with E-state index in [1.165, 1.54) is 0 Å². The molecule has 1 spiro atoms. The maximum atomic E-state index is 14.2. The maximum Gasteiger partial charge on any atom is 0.251 e. The third-order valence-corrected chi connectivity index (χ3v) is 10.3. The molecule has 3 aromatic rings. The van der Waals surface area contributed by atoms with Gasteiger partial charge in [-0.05, 0) is 85.5 Å². The van der Waals surface area contributed by atoms with Crippen LogP contribution < -0.4 is 15.4 Å². The van der Waals surface area contributed by atoms with Gasteiger partial charge in [0.05, 0.1) is 6.10 Å². The second-order valence-electron chi connectivity index (χ2n) is 13.2. The second-order valence-corrected chi connectivity index (χ2v) is 13.2. The van der Waals surface area contributed by atoms with Crippen molar-refractivity contribution >= 4 is 30.1 Å². The lowest BCUT2D eigenvalue weighted by molar-refractivity contribution is -0.165. The number of likely N-dealkylation sites (tertiary alicyclic amines) is 1. The van der Waals surface area contributed by atoms with Crippen molar-refractivity contribution in [1.29, 1.82) is 0 Å². The molecular weight excluding hydrogens is 628 g/mol. The van der Waals surface area contributed by atoms with E-state index in [1.54, 1.807) is 31.3 Å². The number of hydrogen-bond acceptors (Lipinski definition) is 6. The molecule has 6 rings (SSSR count). The molecule has 0 radical (unpaired) electrons. The fourth-order valence-corrected chi connectivity index (χ4v) is 7.48. The number of amides is 3. The highest BCUT2D eigenvalue weighted by atomic mass is 35.5. The Bertz CT molecular complexity index is 1520. The Hall–Kier alpha value is -3.92. The summed E-state index contributed by atoms with van der Waals surface area (Å²) >= 11 is 0. The van der Waals surface area contributed by atoms with Gasteiger partial charge in [0.15, 0.2) is 0 Å². The maximum absolute atomic E-state index is 14.2. The molecule has 3 N–H and O–H groups in total. The van der Waals surface area contributed by atoms with E-state index in [9.17, 15) is 19.5 Å². The normalized spacial score (nSPS) is 20.5. The summed E-state index contributed by atoms with van der Waals surface area (Å²) in [5, 5.41) is 17.0. The Morgan fingerprint density at radius 2 is 1.54 bits per heavy atom. The van der Waals surface area contributed by atoms with Crippen LogP contribution in [-0.4, -0.2) is 77.0 Å². The molecule has 2 aliphatic heterocycles. The monoisotopic (exact) mass is 674 g/mol. The highest BCUT2D eigenvalue weighted by molar-refractivity contribution is 6.00. The standard InChI is InChI=1S/C38H46N4O5.ClH/c1-39-35(44)30-14-18-32(19-15-30)47-31-16-12-28(13-17-31)26-41-24-21-38(22-25-41)37(46)40-33(34(43)29-10-6-3-7-11-29)36(45)42(38)23-20-27-8-4-2-5-9-27;/h2,4-5,8-9,12-19,29,33-34,43H,3,6-7,10-11,20-26H2,1H3,(H,39,44)(H,40,46);1H/t33-,34-;/m1./s1. The number of ether oxygens (including phenoxy) is 1. The predicted molar refractivity (Wildman–Crippen MR) is 187 cm³/mol. The summed E-state index contributed by atoms with van der Waals surface area (Å²) in [6, 6.07) is 24.1. The molecule has 0 aromatic heterocycles. The number of benzene rings is 3. The number of hydrogen-bond donors (Lipinski definition) is 3. The van der Waals surface area contributed by atoms with Crippen LogP contribution in [-0.2, 0) is 22.6 Å². The number of carbonyl (C=O) groups is 3. The van der Waals surface area contributed by atoms with Crippen LogP contribution in [0.15, 0.2) is 78.9 Å². The highest BCUT2D eigenvalue weighted by Crippen LogP contribution is 2.36. The first kappa shape index (κ1) is 35.4. The molecule has 0 unspecified atom stereocenters. The quantitative estimate of drug-likeness (QED) is 0.276. The Labute approximate surface area is 289 Å². The van der Waals surface area contributed by atoms with Crippen LogP contribution in [0.3, 0.4) is 0 Å². The van der Waals surface area contributed by atoms with E-state index in [-0.39, 0.29) is 36.0 Å². The van der Waals surface area contributed by atoms with Crippen molar-refractivity contribution in [2.45, 2.75) is 75.6 Å². The first-order valence-electron chi connectivity index (χ1n) is 17.0. The number of carbonyl (C=O) groups excluding carboxylic acids is 3. The Morgan fingerprint density at radius 3 is 2.17 bits per heavy atom. The molecule has 0 bridgehead atoms. The topological polar surface area (TPSA) is 111 Å². The summed E-state index contributed by atoms with van der Waals surface area (Å²) in [5.74, 6) is 0.974. The molecule has 3 aliphatic rings. The first-order chi connectivity index (χ1) is 22.9. The SMILES string of the molecule is CNC(=O)c1ccc(Oc2ccc(CN3CCC4(CC3)C(=O)N[C@H]([C@H](O)C3CCCCC3)C(=O)N4CCc3ccccc3)cc2)cc1.Cl. The van der Waals surface area contributed by atoms with Crippen LogP contribution in [0.25, 0.3) is 0 Å². The lowest BCUT2D eigenvalue weighted by Crippen LogP contribution is -2.75. The molecule has 1 saturated carbocycles. The van der Waals surface area contributed by atoms with Crippen molar-refractivity contribution in [2.24, 2.45) is 5.92 Å². The van der Waals surface area contributed by atoms with Gasteiger partial charge < -0.3 is 25.4 Å². The van der Waals surface area contributed by atoms with Gasteiger partial charge in [0.1, 0.15) is 23.1 Å². The van der Waals surface area contributed by atoms with Gasteiger partial charge in [0.25, 0.3) is 5.91 Å². The first-order valence-corrected chi connectivity index (χ1v) is 17.0. The van der Waals surface area contributed by atoms with Gasteiger partial charge in [-0.3, -0.25) is 19.3 Å². The highest BCUT2D eigenvalue weighted by Gasteiger charge is 2.55. The van der Waals surface area contributed by atoms with Gasteiger partial charge in [0, 0.05) is 38.8 Å². The van der Waals surface area contributed by atoms with E-state index in [2.05, 4.69) is 27.7 Å². The lowest BCUT2D eigenvalue weighted by Gasteiger charge is -2.52. The lowest BCUT2D eigenvalue weighted by atomic mass is 9.77. The molecule has 48 heavy (non-hydrogen) atoms. The van der Waals surface area contributed by atoms with E-state index in [0.29, 0.717) is 56.0 Å². The van der Waals surface area contributed by atoms with Crippen LogP contribution in [0.5, 0.6) is 11.5 Å². The number of nitrogens with zero attached hydrogens (tertiary/aromatic N) is 2. The number of halogens is 1. The fraction of sp³-hybridized carbons (Fsp3) is 0.447. The Balaban J connectivity index is 0.00000451. The van der Waals surface area contributed by atoms with Crippen LogP contribution >= 0.6 is 12.4 Å². The molecule has 3 fully saturated rings. The van der Waals surface area contributed by atoms with Crippen LogP contribution in [0.1, 0.15) is 66.4 Å². The summed E-state index contributed by atoms with van der Waals surface area (Å²) in [6.45, 7) is 2.52. The van der Waals surface area contributed by atoms with Gasteiger partial charge in [0.2, 0.25) is 11.8 Å². The average molecular weight is 675 g/mol. The summed E-state index contributed by atoms with van der Waals surface area (Å²) in [4.78, 5) is 44.1. The van der Waals surface area contributed by atoms with Crippen molar-refractivity contribution < 1.29 is 24.2 Å². The van der Waals surface area contributed by atoms with E-state index in [1.807, 2.05) is 47.4 Å². The van der Waals surface area contributed by atoms with Crippen molar-refractivity contribution in [3.8, 4) is 11.5 Å². The average Bonchev–Trinajstić information content (AvgIpc) is 3.12. The zero-order valence-corrected chi connectivity index (χ0v) is 28.4. The molecule has 1 aliphatic carbocycles. The van der Waals surface area contributed by atoms with E-state index in [0.717, 1.165) is 49.8 Å². The summed E-state index contributed by atoms with van der Waals surface area (Å²) in [7, 11) is 1.60. The zero-order valence-electron chi connectivity index (χ0n) is 27.6. The minimum Gasteiger partial charge on any atom is -0.457 e. The fourth-order valence-electron chi connectivity index (χ4n) is 7.48. The molecule has 10 heteroatoms. The minimum atomic E-state index is -0.920. The van der Waals surface area contributed by atoms with Crippen LogP contribution in [0.2, 0.25) is 0 Å². The number of piperidine rings is 1. The van der Waals surface area contributed by atoms with E-state index >= 15 is 0 Å². The molecule has 3 aromatic carbocycles. The van der Waals surface area contributed by atoms with Crippen LogP contribution in [0.4, 0.5) is 0 Å².